The van der Waals surface area contributed by atoms with Gasteiger partial charge in [0.15, 0.2) is 0 Å². The van der Waals surface area contributed by atoms with Crippen molar-refractivity contribution in [1.29, 1.82) is 0 Å². The standard InChI is InChI=1S/C6H14N2O2S/c7-2-1-3-8-5(4-11)6(9)10/h5,8,11H,1-4,7H2,(H,9,10). The molecule has 11 heavy (non-hydrogen) atoms. The van der Waals surface area contributed by atoms with Crippen molar-refractivity contribution in [1.82, 2.24) is 5.32 Å². The van der Waals surface area contributed by atoms with Crippen molar-refractivity contribution in [2.24, 2.45) is 5.73 Å². The van der Waals surface area contributed by atoms with Crippen LogP contribution in [-0.2, 0) is 4.79 Å². The lowest BCUT2D eigenvalue weighted by molar-refractivity contribution is -0.138. The zero-order valence-electron chi connectivity index (χ0n) is 6.29. The first-order chi connectivity index (χ1) is 5.22. The van der Waals surface area contributed by atoms with E-state index >= 15 is 0 Å². The van der Waals surface area contributed by atoms with Gasteiger partial charge < -0.3 is 16.2 Å². The minimum atomic E-state index is -0.864. The third kappa shape index (κ3) is 5.06. The van der Waals surface area contributed by atoms with Crippen LogP contribution in [0.5, 0.6) is 0 Å². The van der Waals surface area contributed by atoms with E-state index in [-0.39, 0.29) is 0 Å². The molecular weight excluding hydrogens is 164 g/mol. The summed E-state index contributed by atoms with van der Waals surface area (Å²) in [4.78, 5) is 10.4. The largest absolute Gasteiger partial charge is 0.480 e. The summed E-state index contributed by atoms with van der Waals surface area (Å²) in [6.07, 6.45) is 0.789. The van der Waals surface area contributed by atoms with Crippen LogP contribution in [-0.4, -0.2) is 36.0 Å². The van der Waals surface area contributed by atoms with Crippen molar-refractivity contribution in [2.45, 2.75) is 12.5 Å². The molecule has 0 aliphatic heterocycles. The van der Waals surface area contributed by atoms with Crippen LogP contribution < -0.4 is 11.1 Å². The Balaban J connectivity index is 3.44. The summed E-state index contributed by atoms with van der Waals surface area (Å²) in [5.41, 5.74) is 5.23. The number of carboxylic acid groups (broad SMARTS) is 1. The van der Waals surface area contributed by atoms with Crippen LogP contribution in [0.15, 0.2) is 0 Å². The van der Waals surface area contributed by atoms with E-state index in [2.05, 4.69) is 17.9 Å². The van der Waals surface area contributed by atoms with Crippen molar-refractivity contribution in [3.8, 4) is 0 Å². The van der Waals surface area contributed by atoms with Crippen LogP contribution in [0.1, 0.15) is 6.42 Å². The number of hydrogen-bond donors (Lipinski definition) is 4. The van der Waals surface area contributed by atoms with Crippen LogP contribution in [0.2, 0.25) is 0 Å². The topological polar surface area (TPSA) is 75.3 Å². The van der Waals surface area contributed by atoms with Gasteiger partial charge in [-0.15, -0.1) is 0 Å². The highest BCUT2D eigenvalue weighted by atomic mass is 32.1. The molecule has 1 unspecified atom stereocenters. The first kappa shape index (κ1) is 10.7. The summed E-state index contributed by atoms with van der Waals surface area (Å²) >= 11 is 3.88. The molecule has 66 valence electrons. The van der Waals surface area contributed by atoms with Gasteiger partial charge in [0.2, 0.25) is 0 Å². The number of thiol groups is 1. The van der Waals surface area contributed by atoms with Gasteiger partial charge in [0.25, 0.3) is 0 Å². The second kappa shape index (κ2) is 6.45. The Hall–Kier alpha value is -0.260. The van der Waals surface area contributed by atoms with E-state index in [1.807, 2.05) is 0 Å². The Kier molecular flexibility index (Phi) is 6.30. The molecule has 4 N–H and O–H groups in total. The molecule has 0 saturated heterocycles. The zero-order chi connectivity index (χ0) is 8.69. The van der Waals surface area contributed by atoms with Crippen molar-refractivity contribution in [3.63, 3.8) is 0 Å². The molecule has 0 radical (unpaired) electrons. The summed E-state index contributed by atoms with van der Waals surface area (Å²) in [6, 6.07) is -0.551. The molecule has 0 heterocycles. The van der Waals surface area contributed by atoms with E-state index in [0.29, 0.717) is 18.8 Å². The minimum Gasteiger partial charge on any atom is -0.480 e. The maximum absolute atomic E-state index is 10.4. The van der Waals surface area contributed by atoms with Gasteiger partial charge in [-0.25, -0.2) is 0 Å². The monoisotopic (exact) mass is 178 g/mol. The molecular formula is C6H14N2O2S. The number of carboxylic acids is 1. The van der Waals surface area contributed by atoms with Gasteiger partial charge in [-0.2, -0.15) is 12.6 Å². The summed E-state index contributed by atoms with van der Waals surface area (Å²) in [5.74, 6) is -0.558. The highest BCUT2D eigenvalue weighted by Gasteiger charge is 2.12. The van der Waals surface area contributed by atoms with Gasteiger partial charge in [-0.3, -0.25) is 4.79 Å². The van der Waals surface area contributed by atoms with Crippen molar-refractivity contribution >= 4 is 18.6 Å². The van der Waals surface area contributed by atoms with E-state index in [9.17, 15) is 4.79 Å². The van der Waals surface area contributed by atoms with Gasteiger partial charge in [-0.1, -0.05) is 0 Å². The molecule has 4 nitrogen and oxygen atoms in total. The van der Waals surface area contributed by atoms with E-state index in [1.54, 1.807) is 0 Å². The predicted molar refractivity (Wildman–Crippen MR) is 47.0 cm³/mol. The fraction of sp³-hybridized carbons (Fsp3) is 0.833. The third-order valence-corrected chi connectivity index (χ3v) is 1.62. The summed E-state index contributed by atoms with van der Waals surface area (Å²) in [7, 11) is 0. The molecule has 0 saturated carbocycles. The Labute approximate surface area is 71.6 Å². The summed E-state index contributed by atoms with van der Waals surface area (Å²) in [5, 5.41) is 11.3. The number of rotatable bonds is 6. The van der Waals surface area contributed by atoms with E-state index in [0.717, 1.165) is 6.42 Å². The molecule has 0 aromatic carbocycles. The van der Waals surface area contributed by atoms with Crippen LogP contribution in [0, 0.1) is 0 Å². The second-order valence-corrected chi connectivity index (χ2v) is 2.53. The Morgan fingerprint density at radius 2 is 2.36 bits per heavy atom. The fourth-order valence-corrected chi connectivity index (χ4v) is 0.894. The molecule has 5 heteroatoms. The van der Waals surface area contributed by atoms with E-state index in [1.165, 1.54) is 0 Å². The smallest absolute Gasteiger partial charge is 0.321 e. The minimum absolute atomic E-state index is 0.305. The number of hydrogen-bond acceptors (Lipinski definition) is 4. The fourth-order valence-electron chi connectivity index (χ4n) is 0.608. The highest BCUT2D eigenvalue weighted by Crippen LogP contribution is 1.87. The van der Waals surface area contributed by atoms with Gasteiger partial charge in [0.1, 0.15) is 6.04 Å². The van der Waals surface area contributed by atoms with Crippen LogP contribution in [0.3, 0.4) is 0 Å². The Morgan fingerprint density at radius 1 is 1.73 bits per heavy atom. The molecule has 0 bridgehead atoms. The zero-order valence-corrected chi connectivity index (χ0v) is 7.18. The molecule has 0 aromatic heterocycles. The SMILES string of the molecule is NCCCNC(CS)C(=O)O. The average Bonchev–Trinajstić information content (AvgIpc) is 1.97. The van der Waals surface area contributed by atoms with Crippen molar-refractivity contribution in [3.05, 3.63) is 0 Å². The Morgan fingerprint density at radius 3 is 2.73 bits per heavy atom. The quantitative estimate of drug-likeness (QED) is 0.321. The molecule has 0 rings (SSSR count). The van der Waals surface area contributed by atoms with Gasteiger partial charge in [-0.05, 0) is 19.5 Å². The Bertz CT molecular complexity index is 121. The average molecular weight is 178 g/mol. The summed E-state index contributed by atoms with van der Waals surface area (Å²) < 4.78 is 0. The predicted octanol–water partition coefficient (Wildman–Crippen LogP) is -0.692. The maximum atomic E-state index is 10.4. The van der Waals surface area contributed by atoms with Crippen molar-refractivity contribution in [2.75, 3.05) is 18.8 Å². The molecule has 0 aliphatic rings. The third-order valence-electron chi connectivity index (χ3n) is 1.25. The number of carbonyl (C=O) groups is 1. The van der Waals surface area contributed by atoms with E-state index in [4.69, 9.17) is 10.8 Å². The number of nitrogens with one attached hydrogen (secondary N) is 1. The molecule has 0 fully saturated rings. The molecule has 1 atom stereocenters. The number of nitrogens with two attached hydrogens (primary N) is 1. The lowest BCUT2D eigenvalue weighted by Crippen LogP contribution is -2.39. The lowest BCUT2D eigenvalue weighted by atomic mass is 10.3. The molecule has 0 amide bonds. The first-order valence-electron chi connectivity index (χ1n) is 3.49. The second-order valence-electron chi connectivity index (χ2n) is 2.17. The van der Waals surface area contributed by atoms with Crippen LogP contribution >= 0.6 is 12.6 Å². The molecule has 0 spiro atoms. The molecule has 0 aromatic rings. The van der Waals surface area contributed by atoms with Crippen LogP contribution in [0.25, 0.3) is 0 Å². The van der Waals surface area contributed by atoms with E-state index < -0.39 is 12.0 Å². The highest BCUT2D eigenvalue weighted by molar-refractivity contribution is 7.80. The van der Waals surface area contributed by atoms with Gasteiger partial charge in [0, 0.05) is 5.75 Å². The normalized spacial score (nSPS) is 12.9. The first-order valence-corrected chi connectivity index (χ1v) is 4.12. The van der Waals surface area contributed by atoms with Gasteiger partial charge in [0.05, 0.1) is 0 Å². The lowest BCUT2D eigenvalue weighted by Gasteiger charge is -2.10. The molecule has 0 aliphatic carbocycles. The van der Waals surface area contributed by atoms with Crippen LogP contribution in [0.4, 0.5) is 0 Å². The van der Waals surface area contributed by atoms with Gasteiger partial charge >= 0.3 is 5.97 Å². The summed E-state index contributed by atoms with van der Waals surface area (Å²) in [6.45, 7) is 1.21. The number of aliphatic carboxylic acids is 1. The van der Waals surface area contributed by atoms with Crippen molar-refractivity contribution < 1.29 is 9.90 Å². The maximum Gasteiger partial charge on any atom is 0.321 e.